The number of carbonyl (C=O) groups excluding carboxylic acids is 1. The maximum Gasteiger partial charge on any atom is 0.230 e. The molecule has 136 valence electrons. The first kappa shape index (κ1) is 18.8. The lowest BCUT2D eigenvalue weighted by atomic mass is 10.1. The summed E-state index contributed by atoms with van der Waals surface area (Å²) in [6, 6.07) is 8.04. The van der Waals surface area contributed by atoms with Gasteiger partial charge in [0.05, 0.1) is 12.4 Å². The fourth-order valence-electron chi connectivity index (χ4n) is 2.57. The van der Waals surface area contributed by atoms with Gasteiger partial charge in [-0.05, 0) is 30.5 Å². The number of fused-ring (bicyclic) bond motifs is 1. The van der Waals surface area contributed by atoms with Crippen molar-refractivity contribution in [3.63, 3.8) is 0 Å². The summed E-state index contributed by atoms with van der Waals surface area (Å²) >= 11 is 3.12. The second-order valence-electron chi connectivity index (χ2n) is 5.96. The van der Waals surface area contributed by atoms with Gasteiger partial charge in [0.1, 0.15) is 16.2 Å². The fraction of sp³-hybridized carbons (Fsp3) is 0.316. The van der Waals surface area contributed by atoms with Gasteiger partial charge in [-0.2, -0.15) is 0 Å². The Morgan fingerprint density at radius 1 is 1.19 bits per heavy atom. The Balaban J connectivity index is 1.56. The molecule has 2 aromatic heterocycles. The normalized spacial score (nSPS) is 11.0. The number of aromatic nitrogens is 2. The first-order valence-corrected chi connectivity index (χ1v) is 10.1. The van der Waals surface area contributed by atoms with E-state index in [4.69, 9.17) is 4.74 Å². The molecule has 0 spiro atoms. The standard InChI is InChI=1S/C19H21N3O2S2/c1-12-13(2)26-19-17(12)18(21-11-22-19)25-10-16(23)20-8-14-4-6-15(7-5-14)9-24-3/h4-7,11H,8-10H2,1-3H3,(H,20,23). The average Bonchev–Trinajstić information content (AvgIpc) is 2.94. The van der Waals surface area contributed by atoms with E-state index >= 15 is 0 Å². The molecule has 0 aliphatic rings. The van der Waals surface area contributed by atoms with Crippen LogP contribution in [0.2, 0.25) is 0 Å². The number of methoxy groups -OCH3 is 1. The van der Waals surface area contributed by atoms with Crippen LogP contribution in [0.15, 0.2) is 35.6 Å². The third kappa shape index (κ3) is 4.41. The van der Waals surface area contributed by atoms with Gasteiger partial charge < -0.3 is 10.1 Å². The van der Waals surface area contributed by atoms with E-state index in [-0.39, 0.29) is 5.91 Å². The summed E-state index contributed by atoms with van der Waals surface area (Å²) in [6.07, 6.45) is 1.57. The minimum atomic E-state index is -0.00710. The Hall–Kier alpha value is -1.96. The summed E-state index contributed by atoms with van der Waals surface area (Å²) in [4.78, 5) is 23.1. The van der Waals surface area contributed by atoms with Gasteiger partial charge >= 0.3 is 0 Å². The molecule has 0 saturated heterocycles. The zero-order valence-electron chi connectivity index (χ0n) is 15.0. The van der Waals surface area contributed by atoms with Gasteiger partial charge in [0, 0.05) is 23.9 Å². The van der Waals surface area contributed by atoms with Crippen molar-refractivity contribution in [2.75, 3.05) is 12.9 Å². The van der Waals surface area contributed by atoms with Crippen molar-refractivity contribution < 1.29 is 9.53 Å². The maximum atomic E-state index is 12.2. The van der Waals surface area contributed by atoms with E-state index in [1.54, 1.807) is 24.8 Å². The van der Waals surface area contributed by atoms with Gasteiger partial charge in [-0.15, -0.1) is 11.3 Å². The number of nitrogens with one attached hydrogen (secondary N) is 1. The SMILES string of the molecule is COCc1ccc(CNC(=O)CSc2ncnc3sc(C)c(C)c23)cc1. The van der Waals surface area contributed by atoms with E-state index < -0.39 is 0 Å². The molecule has 0 unspecified atom stereocenters. The van der Waals surface area contributed by atoms with Gasteiger partial charge in [0.2, 0.25) is 5.91 Å². The predicted molar refractivity (Wildman–Crippen MR) is 107 cm³/mol. The Morgan fingerprint density at radius 3 is 2.65 bits per heavy atom. The molecule has 7 heteroatoms. The van der Waals surface area contributed by atoms with Gasteiger partial charge in [-0.1, -0.05) is 36.0 Å². The number of rotatable bonds is 7. The van der Waals surface area contributed by atoms with Crippen LogP contribution in [0, 0.1) is 13.8 Å². The number of benzene rings is 1. The highest BCUT2D eigenvalue weighted by Gasteiger charge is 2.13. The van der Waals surface area contributed by atoms with Crippen LogP contribution in [0.5, 0.6) is 0 Å². The highest BCUT2D eigenvalue weighted by molar-refractivity contribution is 8.00. The second-order valence-corrected chi connectivity index (χ2v) is 8.12. The zero-order chi connectivity index (χ0) is 18.5. The first-order valence-electron chi connectivity index (χ1n) is 8.25. The molecule has 1 aromatic carbocycles. The topological polar surface area (TPSA) is 64.1 Å². The van der Waals surface area contributed by atoms with Crippen molar-refractivity contribution >= 4 is 39.2 Å². The van der Waals surface area contributed by atoms with E-state index in [1.807, 2.05) is 24.3 Å². The molecule has 0 aliphatic carbocycles. The number of thiophene rings is 1. The van der Waals surface area contributed by atoms with Gasteiger partial charge in [-0.25, -0.2) is 9.97 Å². The molecule has 2 heterocycles. The first-order chi connectivity index (χ1) is 12.6. The summed E-state index contributed by atoms with van der Waals surface area (Å²) < 4.78 is 5.10. The predicted octanol–water partition coefficient (Wildman–Crippen LogP) is 3.86. The molecule has 26 heavy (non-hydrogen) atoms. The van der Waals surface area contributed by atoms with Crippen molar-refractivity contribution in [3.05, 3.63) is 52.2 Å². The number of thioether (sulfide) groups is 1. The summed E-state index contributed by atoms with van der Waals surface area (Å²) in [6.45, 7) is 5.27. The largest absolute Gasteiger partial charge is 0.380 e. The van der Waals surface area contributed by atoms with Gasteiger partial charge in [0.15, 0.2) is 0 Å². The second kappa shape index (κ2) is 8.62. The van der Waals surface area contributed by atoms with Gasteiger partial charge in [-0.3, -0.25) is 4.79 Å². The van der Waals surface area contributed by atoms with E-state index in [1.165, 1.54) is 22.2 Å². The molecule has 0 fully saturated rings. The van der Waals surface area contributed by atoms with Crippen LogP contribution in [-0.4, -0.2) is 28.7 Å². The van der Waals surface area contributed by atoms with Crippen molar-refractivity contribution in [1.29, 1.82) is 0 Å². The number of hydrogen-bond donors (Lipinski definition) is 1. The number of amides is 1. The van der Waals surface area contributed by atoms with E-state index in [2.05, 4.69) is 29.1 Å². The van der Waals surface area contributed by atoms with Crippen molar-refractivity contribution in [1.82, 2.24) is 15.3 Å². The molecule has 0 bridgehead atoms. The lowest BCUT2D eigenvalue weighted by Crippen LogP contribution is -2.24. The number of hydrogen-bond acceptors (Lipinski definition) is 6. The van der Waals surface area contributed by atoms with Crippen LogP contribution in [0.1, 0.15) is 21.6 Å². The maximum absolute atomic E-state index is 12.2. The lowest BCUT2D eigenvalue weighted by molar-refractivity contribution is -0.118. The highest BCUT2D eigenvalue weighted by atomic mass is 32.2. The van der Waals surface area contributed by atoms with Crippen LogP contribution >= 0.6 is 23.1 Å². The van der Waals surface area contributed by atoms with Crippen LogP contribution < -0.4 is 5.32 Å². The van der Waals surface area contributed by atoms with Crippen LogP contribution in [0.3, 0.4) is 0 Å². The number of carbonyl (C=O) groups is 1. The molecule has 0 radical (unpaired) electrons. The quantitative estimate of drug-likeness (QED) is 0.493. The average molecular weight is 388 g/mol. The Labute approximate surface area is 161 Å². The smallest absolute Gasteiger partial charge is 0.230 e. The van der Waals surface area contributed by atoms with E-state index in [0.717, 1.165) is 26.4 Å². The molecule has 5 nitrogen and oxygen atoms in total. The summed E-state index contributed by atoms with van der Waals surface area (Å²) in [5.41, 5.74) is 3.38. The van der Waals surface area contributed by atoms with Crippen LogP contribution in [-0.2, 0) is 22.7 Å². The summed E-state index contributed by atoms with van der Waals surface area (Å²) in [5, 5.41) is 4.90. The Bertz CT molecular complexity index is 907. The van der Waals surface area contributed by atoms with Crippen LogP contribution in [0.4, 0.5) is 0 Å². The number of nitrogens with zero attached hydrogens (tertiary/aromatic N) is 2. The third-order valence-corrected chi connectivity index (χ3v) is 6.20. The molecule has 0 saturated carbocycles. The van der Waals surface area contributed by atoms with Crippen molar-refractivity contribution in [2.45, 2.75) is 32.0 Å². The van der Waals surface area contributed by atoms with Crippen molar-refractivity contribution in [3.8, 4) is 0 Å². The van der Waals surface area contributed by atoms with E-state index in [9.17, 15) is 4.79 Å². The number of ether oxygens (including phenoxy) is 1. The molecule has 3 rings (SSSR count). The monoisotopic (exact) mass is 387 g/mol. The molecular formula is C19H21N3O2S2. The van der Waals surface area contributed by atoms with Gasteiger partial charge in [0.25, 0.3) is 0 Å². The van der Waals surface area contributed by atoms with E-state index in [0.29, 0.717) is 18.9 Å². The van der Waals surface area contributed by atoms with Crippen molar-refractivity contribution in [2.24, 2.45) is 0 Å². The number of aryl methyl sites for hydroxylation is 2. The Kier molecular flexibility index (Phi) is 6.24. The lowest BCUT2D eigenvalue weighted by Gasteiger charge is -2.07. The minimum absolute atomic E-state index is 0.00710. The zero-order valence-corrected chi connectivity index (χ0v) is 16.7. The molecule has 1 amide bonds. The molecular weight excluding hydrogens is 366 g/mol. The third-order valence-electron chi connectivity index (χ3n) is 4.09. The van der Waals surface area contributed by atoms with Crippen LogP contribution in [0.25, 0.3) is 10.2 Å². The summed E-state index contributed by atoms with van der Waals surface area (Å²) in [5.74, 6) is 0.328. The Morgan fingerprint density at radius 2 is 1.92 bits per heavy atom. The molecule has 0 atom stereocenters. The highest BCUT2D eigenvalue weighted by Crippen LogP contribution is 2.34. The fourth-order valence-corrected chi connectivity index (χ4v) is 4.51. The summed E-state index contributed by atoms with van der Waals surface area (Å²) in [7, 11) is 1.68. The minimum Gasteiger partial charge on any atom is -0.380 e. The molecule has 1 N–H and O–H groups in total. The molecule has 3 aromatic rings. The molecule has 0 aliphatic heterocycles.